The third-order valence-electron chi connectivity index (χ3n) is 10.6. The van der Waals surface area contributed by atoms with Gasteiger partial charge in [0.05, 0.1) is 22.4 Å². The topological polar surface area (TPSA) is 38.7 Å². The molecule has 0 N–H and O–H groups in total. The first-order valence-corrected chi connectivity index (χ1v) is 17.9. The van der Waals surface area contributed by atoms with Crippen molar-refractivity contribution < 1.29 is 0 Å². The van der Waals surface area contributed by atoms with Gasteiger partial charge in [0.2, 0.25) is 0 Å². The van der Waals surface area contributed by atoms with Gasteiger partial charge in [-0.1, -0.05) is 136 Å². The maximum Gasteiger partial charge on any atom is 0.0972 e. The van der Waals surface area contributed by atoms with Gasteiger partial charge < -0.3 is 0 Å². The van der Waals surface area contributed by atoms with E-state index in [1.54, 1.807) is 6.20 Å². The molecule has 0 fully saturated rings. The van der Waals surface area contributed by atoms with Gasteiger partial charge in [0.25, 0.3) is 0 Å². The molecule has 246 valence electrons. The molecule has 0 saturated heterocycles. The van der Waals surface area contributed by atoms with Crippen molar-refractivity contribution in [3.05, 3.63) is 164 Å². The highest BCUT2D eigenvalue weighted by molar-refractivity contribution is 6.28. The smallest absolute Gasteiger partial charge is 0.0972 e. The van der Waals surface area contributed by atoms with Gasteiger partial charge in [0, 0.05) is 34.3 Å². The highest BCUT2D eigenvalue weighted by atomic mass is 14.8. The van der Waals surface area contributed by atoms with Crippen molar-refractivity contribution >= 4 is 54.1 Å². The number of hydrogen-bond donors (Lipinski definition) is 0. The Morgan fingerprint density at radius 1 is 0.423 bits per heavy atom. The summed E-state index contributed by atoms with van der Waals surface area (Å²) in [5.41, 5.74) is 12.0. The second kappa shape index (κ2) is 11.5. The number of hydrogen-bond acceptors (Lipinski definition) is 3. The molecule has 3 aromatic heterocycles. The summed E-state index contributed by atoms with van der Waals surface area (Å²) in [4.78, 5) is 14.6. The standard InChI is InChI=1S/C49H35N3/c1-49(2,3)38-26-35-17-21-39-41(30-8-5-4-6-9-30)28-42(40-22-18-36(27-38)45(35)46(39)40)31-11-13-32(14-12-31)43-23-19-33-15-16-34-20-24-44(37-10-7-25-50-29-37)52-48(34)47(33)51-43/h4-29H,1-3H3. The van der Waals surface area contributed by atoms with Gasteiger partial charge in [0.1, 0.15) is 0 Å². The van der Waals surface area contributed by atoms with Gasteiger partial charge in [-0.25, -0.2) is 9.97 Å². The Morgan fingerprint density at radius 3 is 1.52 bits per heavy atom. The van der Waals surface area contributed by atoms with E-state index in [4.69, 9.17) is 9.97 Å². The number of rotatable bonds is 4. The lowest BCUT2D eigenvalue weighted by Crippen LogP contribution is -2.10. The molecule has 10 aromatic rings. The maximum absolute atomic E-state index is 5.22. The Kier molecular flexibility index (Phi) is 6.74. The van der Waals surface area contributed by atoms with Crippen molar-refractivity contribution in [1.82, 2.24) is 15.0 Å². The van der Waals surface area contributed by atoms with E-state index in [-0.39, 0.29) is 5.41 Å². The molecule has 0 aliphatic rings. The van der Waals surface area contributed by atoms with Crippen LogP contribution in [0.25, 0.3) is 98.9 Å². The van der Waals surface area contributed by atoms with Crippen LogP contribution in [0.15, 0.2) is 158 Å². The number of nitrogens with zero attached hydrogens (tertiary/aromatic N) is 3. The predicted octanol–water partition coefficient (Wildman–Crippen LogP) is 13.0. The van der Waals surface area contributed by atoms with Crippen molar-refractivity contribution in [2.45, 2.75) is 26.2 Å². The molecule has 0 spiro atoms. The Labute approximate surface area is 302 Å². The van der Waals surface area contributed by atoms with Crippen molar-refractivity contribution in [1.29, 1.82) is 0 Å². The summed E-state index contributed by atoms with van der Waals surface area (Å²) in [6, 6.07) is 52.9. The maximum atomic E-state index is 5.22. The van der Waals surface area contributed by atoms with E-state index in [9.17, 15) is 0 Å². The van der Waals surface area contributed by atoms with Gasteiger partial charge >= 0.3 is 0 Å². The van der Waals surface area contributed by atoms with E-state index in [0.717, 1.165) is 44.3 Å². The van der Waals surface area contributed by atoms with Crippen LogP contribution in [0.3, 0.4) is 0 Å². The SMILES string of the molecule is CC(C)(C)c1cc2ccc3c(-c4ccccc4)cc(-c4ccc(-c5ccc6ccc7ccc(-c8cccnc8)nc7c6n5)cc4)c4ccc(c1)c2c34. The van der Waals surface area contributed by atoms with Gasteiger partial charge in [-0.05, 0) is 95.9 Å². The molecule has 52 heavy (non-hydrogen) atoms. The van der Waals surface area contributed by atoms with E-state index in [1.165, 1.54) is 60.1 Å². The number of aromatic nitrogens is 3. The molecule has 0 aliphatic heterocycles. The van der Waals surface area contributed by atoms with Crippen LogP contribution in [-0.2, 0) is 5.41 Å². The van der Waals surface area contributed by atoms with Crippen LogP contribution >= 0.6 is 0 Å². The van der Waals surface area contributed by atoms with Crippen molar-refractivity contribution in [2.75, 3.05) is 0 Å². The number of pyridine rings is 3. The Morgan fingerprint density at radius 2 is 0.942 bits per heavy atom. The fourth-order valence-electron chi connectivity index (χ4n) is 7.87. The van der Waals surface area contributed by atoms with Crippen LogP contribution in [0.5, 0.6) is 0 Å². The van der Waals surface area contributed by atoms with Gasteiger partial charge in [-0.3, -0.25) is 4.98 Å². The van der Waals surface area contributed by atoms with Crippen LogP contribution in [0.1, 0.15) is 26.3 Å². The first kappa shape index (κ1) is 30.4. The van der Waals surface area contributed by atoms with Crippen molar-refractivity contribution in [2.24, 2.45) is 0 Å². The van der Waals surface area contributed by atoms with Crippen LogP contribution < -0.4 is 0 Å². The van der Waals surface area contributed by atoms with Gasteiger partial charge in [0.15, 0.2) is 0 Å². The zero-order valence-corrected chi connectivity index (χ0v) is 29.4. The fourth-order valence-corrected chi connectivity index (χ4v) is 7.87. The van der Waals surface area contributed by atoms with Crippen LogP contribution in [0.2, 0.25) is 0 Å². The summed E-state index contributed by atoms with van der Waals surface area (Å²) < 4.78 is 0. The number of benzene rings is 7. The minimum Gasteiger partial charge on any atom is -0.264 e. The minimum absolute atomic E-state index is 0.0683. The average Bonchev–Trinajstić information content (AvgIpc) is 3.19. The Hall–Kier alpha value is -6.45. The lowest BCUT2D eigenvalue weighted by atomic mass is 9.81. The average molecular weight is 666 g/mol. The highest BCUT2D eigenvalue weighted by Crippen LogP contribution is 2.45. The molecule has 7 aromatic carbocycles. The molecule has 10 rings (SSSR count). The molecular weight excluding hydrogens is 631 g/mol. The third-order valence-corrected chi connectivity index (χ3v) is 10.6. The summed E-state index contributed by atoms with van der Waals surface area (Å²) >= 11 is 0. The highest BCUT2D eigenvalue weighted by Gasteiger charge is 2.20. The van der Waals surface area contributed by atoms with Gasteiger partial charge in [-0.15, -0.1) is 0 Å². The van der Waals surface area contributed by atoms with Crippen LogP contribution in [-0.4, -0.2) is 15.0 Å². The first-order chi connectivity index (χ1) is 25.4. The molecule has 0 radical (unpaired) electrons. The minimum atomic E-state index is 0.0683. The largest absolute Gasteiger partial charge is 0.264 e. The lowest BCUT2D eigenvalue weighted by molar-refractivity contribution is 0.591. The summed E-state index contributed by atoms with van der Waals surface area (Å²) in [6.07, 6.45) is 3.64. The van der Waals surface area contributed by atoms with E-state index in [2.05, 4.69) is 159 Å². The number of fused-ring (bicyclic) bond motifs is 3. The van der Waals surface area contributed by atoms with Crippen LogP contribution in [0, 0.1) is 0 Å². The first-order valence-electron chi connectivity index (χ1n) is 17.9. The summed E-state index contributed by atoms with van der Waals surface area (Å²) in [7, 11) is 0. The molecule has 0 amide bonds. The van der Waals surface area contributed by atoms with Gasteiger partial charge in [-0.2, -0.15) is 0 Å². The predicted molar refractivity (Wildman–Crippen MR) is 219 cm³/mol. The van der Waals surface area contributed by atoms with E-state index < -0.39 is 0 Å². The molecule has 3 heterocycles. The summed E-state index contributed by atoms with van der Waals surface area (Å²) in [5.74, 6) is 0. The summed E-state index contributed by atoms with van der Waals surface area (Å²) in [6.45, 7) is 6.88. The molecule has 3 heteroatoms. The Balaban J connectivity index is 1.13. The zero-order valence-electron chi connectivity index (χ0n) is 29.4. The fraction of sp³-hybridized carbons (Fsp3) is 0.0816. The van der Waals surface area contributed by atoms with Crippen molar-refractivity contribution in [3.63, 3.8) is 0 Å². The molecule has 0 unspecified atom stereocenters. The quantitative estimate of drug-likeness (QED) is 0.176. The van der Waals surface area contributed by atoms with E-state index in [1.807, 2.05) is 18.3 Å². The second-order valence-corrected chi connectivity index (χ2v) is 14.9. The van der Waals surface area contributed by atoms with E-state index in [0.29, 0.717) is 0 Å². The Bertz CT molecular complexity index is 2940. The monoisotopic (exact) mass is 665 g/mol. The molecule has 0 atom stereocenters. The molecular formula is C49H35N3. The van der Waals surface area contributed by atoms with Crippen LogP contribution in [0.4, 0.5) is 0 Å². The lowest BCUT2D eigenvalue weighted by Gasteiger charge is -2.23. The summed E-state index contributed by atoms with van der Waals surface area (Å²) in [5, 5.41) is 9.96. The normalized spacial score (nSPS) is 12.1. The third kappa shape index (κ3) is 4.92. The molecule has 0 aliphatic carbocycles. The molecule has 0 saturated carbocycles. The molecule has 0 bridgehead atoms. The van der Waals surface area contributed by atoms with E-state index >= 15 is 0 Å². The van der Waals surface area contributed by atoms with Crippen molar-refractivity contribution in [3.8, 4) is 44.8 Å². The molecule has 3 nitrogen and oxygen atoms in total. The zero-order chi connectivity index (χ0) is 35.0. The second-order valence-electron chi connectivity index (χ2n) is 14.9.